The highest BCUT2D eigenvalue weighted by Gasteiger charge is 2.38. The summed E-state index contributed by atoms with van der Waals surface area (Å²) in [5.74, 6) is -0.120. The van der Waals surface area contributed by atoms with E-state index in [1.807, 2.05) is 6.92 Å². The Labute approximate surface area is 137 Å². The smallest absolute Gasteiger partial charge is 0.227 e. The van der Waals surface area contributed by atoms with Gasteiger partial charge < -0.3 is 15.8 Å². The second-order valence-electron chi connectivity index (χ2n) is 5.76. The summed E-state index contributed by atoms with van der Waals surface area (Å²) < 4.78 is 18.2. The third-order valence-corrected chi connectivity index (χ3v) is 4.33. The minimum atomic E-state index is -0.499. The van der Waals surface area contributed by atoms with Gasteiger partial charge in [0.05, 0.1) is 5.41 Å². The lowest BCUT2D eigenvalue weighted by Gasteiger charge is -2.34. The number of nitrogens with one attached hydrogen (secondary N) is 1. The number of rotatable bonds is 5. The topological polar surface area (TPSA) is 64.4 Å². The van der Waals surface area contributed by atoms with Gasteiger partial charge in [0, 0.05) is 26.3 Å². The molecule has 6 heteroatoms. The van der Waals surface area contributed by atoms with Gasteiger partial charge in [-0.3, -0.25) is 4.79 Å². The van der Waals surface area contributed by atoms with Gasteiger partial charge in [0.2, 0.25) is 5.91 Å². The Morgan fingerprint density at radius 2 is 1.95 bits per heavy atom. The summed E-state index contributed by atoms with van der Waals surface area (Å²) in [6, 6.07) is 6.37. The van der Waals surface area contributed by atoms with Crippen molar-refractivity contribution in [3.05, 3.63) is 35.6 Å². The highest BCUT2D eigenvalue weighted by Crippen LogP contribution is 2.29. The number of benzene rings is 1. The maximum atomic E-state index is 12.9. The quantitative estimate of drug-likeness (QED) is 0.870. The molecule has 1 fully saturated rings. The lowest BCUT2D eigenvalue weighted by atomic mass is 9.79. The van der Waals surface area contributed by atoms with E-state index >= 15 is 0 Å². The van der Waals surface area contributed by atoms with Gasteiger partial charge in [-0.25, -0.2) is 4.39 Å². The normalized spacial score (nSPS) is 18.1. The number of amides is 1. The molecule has 1 aliphatic heterocycles. The first kappa shape index (κ1) is 18.9. The van der Waals surface area contributed by atoms with Crippen molar-refractivity contribution in [1.29, 1.82) is 0 Å². The van der Waals surface area contributed by atoms with Crippen LogP contribution in [0.25, 0.3) is 0 Å². The lowest BCUT2D eigenvalue weighted by Crippen LogP contribution is -2.49. The molecule has 1 amide bonds. The highest BCUT2D eigenvalue weighted by atomic mass is 35.5. The number of halogens is 2. The molecule has 0 saturated carbocycles. The summed E-state index contributed by atoms with van der Waals surface area (Å²) >= 11 is 0. The van der Waals surface area contributed by atoms with Gasteiger partial charge in [-0.05, 0) is 36.5 Å². The highest BCUT2D eigenvalue weighted by molar-refractivity contribution is 5.85. The Hall–Kier alpha value is -1.17. The van der Waals surface area contributed by atoms with Gasteiger partial charge in [0.15, 0.2) is 0 Å². The minimum Gasteiger partial charge on any atom is -0.381 e. The Bertz CT molecular complexity index is 476. The van der Waals surface area contributed by atoms with E-state index in [1.54, 1.807) is 12.1 Å². The second kappa shape index (κ2) is 8.46. The molecule has 1 aliphatic rings. The molecule has 0 spiro atoms. The number of hydrogen-bond acceptors (Lipinski definition) is 3. The number of ether oxygens (including phenoxy) is 1. The standard InChI is InChI=1S/C16H23FN2O2.ClH/c1-12(13-2-4-14(17)5-3-13)10-19-15(20)16(11-18)6-8-21-9-7-16;/h2-5,12H,6-11,18H2,1H3,(H,19,20);1H. The van der Waals surface area contributed by atoms with Crippen LogP contribution in [0.3, 0.4) is 0 Å². The van der Waals surface area contributed by atoms with Crippen molar-refractivity contribution in [1.82, 2.24) is 5.32 Å². The first-order chi connectivity index (χ1) is 10.1. The van der Waals surface area contributed by atoms with Crippen LogP contribution in [0.2, 0.25) is 0 Å². The van der Waals surface area contributed by atoms with Crippen molar-refractivity contribution >= 4 is 18.3 Å². The van der Waals surface area contributed by atoms with E-state index < -0.39 is 5.41 Å². The van der Waals surface area contributed by atoms with Gasteiger partial charge >= 0.3 is 0 Å². The van der Waals surface area contributed by atoms with E-state index in [-0.39, 0.29) is 30.0 Å². The predicted molar refractivity (Wildman–Crippen MR) is 86.6 cm³/mol. The number of carbonyl (C=O) groups is 1. The zero-order valence-corrected chi connectivity index (χ0v) is 13.6. The maximum absolute atomic E-state index is 12.9. The van der Waals surface area contributed by atoms with Crippen LogP contribution in [0, 0.1) is 11.2 Å². The van der Waals surface area contributed by atoms with E-state index in [1.165, 1.54) is 12.1 Å². The summed E-state index contributed by atoms with van der Waals surface area (Å²) in [5.41, 5.74) is 6.32. The fourth-order valence-corrected chi connectivity index (χ4v) is 2.63. The van der Waals surface area contributed by atoms with Crippen molar-refractivity contribution in [3.63, 3.8) is 0 Å². The van der Waals surface area contributed by atoms with Crippen molar-refractivity contribution in [2.24, 2.45) is 11.1 Å². The van der Waals surface area contributed by atoms with Crippen LogP contribution in [0.15, 0.2) is 24.3 Å². The number of hydrogen-bond donors (Lipinski definition) is 2. The molecule has 1 atom stereocenters. The number of carbonyl (C=O) groups excluding carboxylic acids is 1. The number of nitrogens with two attached hydrogens (primary N) is 1. The van der Waals surface area contributed by atoms with Crippen LogP contribution >= 0.6 is 12.4 Å². The molecular weight excluding hydrogens is 307 g/mol. The molecule has 124 valence electrons. The summed E-state index contributed by atoms with van der Waals surface area (Å²) in [7, 11) is 0. The molecule has 1 heterocycles. The van der Waals surface area contributed by atoms with Crippen LogP contribution in [0.4, 0.5) is 4.39 Å². The molecule has 2 rings (SSSR count). The Morgan fingerprint density at radius 3 is 2.50 bits per heavy atom. The molecule has 0 radical (unpaired) electrons. The molecule has 4 nitrogen and oxygen atoms in total. The fourth-order valence-electron chi connectivity index (χ4n) is 2.63. The molecule has 0 aliphatic carbocycles. The summed E-state index contributed by atoms with van der Waals surface area (Å²) in [6.45, 7) is 4.03. The van der Waals surface area contributed by atoms with E-state index in [9.17, 15) is 9.18 Å². The first-order valence-electron chi connectivity index (χ1n) is 7.39. The lowest BCUT2D eigenvalue weighted by molar-refractivity contribution is -0.135. The van der Waals surface area contributed by atoms with Gasteiger partial charge in [0.25, 0.3) is 0 Å². The van der Waals surface area contributed by atoms with E-state index in [0.717, 1.165) is 5.56 Å². The molecule has 1 unspecified atom stereocenters. The average molecular weight is 331 g/mol. The van der Waals surface area contributed by atoms with Crippen molar-refractivity contribution in [2.75, 3.05) is 26.3 Å². The van der Waals surface area contributed by atoms with Crippen molar-refractivity contribution in [3.8, 4) is 0 Å². The van der Waals surface area contributed by atoms with E-state index in [2.05, 4.69) is 5.32 Å². The molecule has 1 saturated heterocycles. The van der Waals surface area contributed by atoms with E-state index in [0.29, 0.717) is 39.1 Å². The third-order valence-electron chi connectivity index (χ3n) is 4.33. The maximum Gasteiger partial charge on any atom is 0.227 e. The fraction of sp³-hybridized carbons (Fsp3) is 0.562. The largest absolute Gasteiger partial charge is 0.381 e. The van der Waals surface area contributed by atoms with E-state index in [4.69, 9.17) is 10.5 Å². The van der Waals surface area contributed by atoms with Gasteiger partial charge in [-0.2, -0.15) is 0 Å². The Balaban J connectivity index is 0.00000242. The Kier molecular flexibility index (Phi) is 7.26. The van der Waals surface area contributed by atoms with Gasteiger partial charge in [0.1, 0.15) is 5.82 Å². The molecule has 0 bridgehead atoms. The monoisotopic (exact) mass is 330 g/mol. The molecule has 22 heavy (non-hydrogen) atoms. The summed E-state index contributed by atoms with van der Waals surface area (Å²) in [5, 5.41) is 2.99. The van der Waals surface area contributed by atoms with Crippen LogP contribution < -0.4 is 11.1 Å². The van der Waals surface area contributed by atoms with Crippen LogP contribution in [-0.4, -0.2) is 32.2 Å². The third kappa shape index (κ3) is 4.41. The summed E-state index contributed by atoms with van der Waals surface area (Å²) in [6.07, 6.45) is 1.33. The van der Waals surface area contributed by atoms with Crippen LogP contribution in [-0.2, 0) is 9.53 Å². The predicted octanol–water partition coefficient (Wildman–Crippen LogP) is 2.22. The molecular formula is C16H24ClFN2O2. The zero-order chi connectivity index (χ0) is 15.3. The van der Waals surface area contributed by atoms with Crippen molar-refractivity contribution in [2.45, 2.75) is 25.7 Å². The van der Waals surface area contributed by atoms with Gasteiger partial charge in [-0.15, -0.1) is 12.4 Å². The zero-order valence-electron chi connectivity index (χ0n) is 12.8. The van der Waals surface area contributed by atoms with Crippen LogP contribution in [0.5, 0.6) is 0 Å². The van der Waals surface area contributed by atoms with Gasteiger partial charge in [-0.1, -0.05) is 19.1 Å². The average Bonchev–Trinajstić information content (AvgIpc) is 2.53. The van der Waals surface area contributed by atoms with Crippen molar-refractivity contribution < 1.29 is 13.9 Å². The SMILES string of the molecule is CC(CNC(=O)C1(CN)CCOCC1)c1ccc(F)cc1.Cl. The minimum absolute atomic E-state index is 0. The molecule has 3 N–H and O–H groups in total. The van der Waals surface area contributed by atoms with Crippen LogP contribution in [0.1, 0.15) is 31.2 Å². The molecule has 1 aromatic rings. The first-order valence-corrected chi connectivity index (χ1v) is 7.39. The molecule has 1 aromatic carbocycles. The Morgan fingerprint density at radius 1 is 1.36 bits per heavy atom. The second-order valence-corrected chi connectivity index (χ2v) is 5.76. The molecule has 0 aromatic heterocycles. The summed E-state index contributed by atoms with van der Waals surface area (Å²) in [4.78, 5) is 12.4.